The monoisotopic (exact) mass is 663 g/mol. The third kappa shape index (κ3) is 5.12. The highest BCUT2D eigenvalue weighted by atomic mass is 16.3. The van der Waals surface area contributed by atoms with Crippen LogP contribution in [0.15, 0.2) is 205 Å². The number of hydrogen-bond acceptors (Lipinski definition) is 2. The zero-order valence-corrected chi connectivity index (χ0v) is 28.4. The standard InChI is InChI=1S/C50H33NO/c1-2-12-36(13-3-1)45-23-11-24-46-47-33-39(28-31-49(47)52-50(45)46)38-18-8-19-41(32-38)51(48-25-10-17-35-15-5-7-21-44(35)48)40-29-26-37(27-30-40)43-22-9-16-34-14-4-6-20-42(34)43/h1-33H. The summed E-state index contributed by atoms with van der Waals surface area (Å²) in [5.74, 6) is 0. The van der Waals surface area contributed by atoms with Gasteiger partial charge in [-0.3, -0.25) is 0 Å². The molecule has 0 amide bonds. The molecule has 2 heteroatoms. The molecule has 0 N–H and O–H groups in total. The van der Waals surface area contributed by atoms with Crippen LogP contribution in [0.3, 0.4) is 0 Å². The summed E-state index contributed by atoms with van der Waals surface area (Å²) in [5, 5.41) is 7.16. The van der Waals surface area contributed by atoms with Gasteiger partial charge in [0.2, 0.25) is 0 Å². The molecule has 1 heterocycles. The lowest BCUT2D eigenvalue weighted by Gasteiger charge is -2.27. The normalized spacial score (nSPS) is 11.5. The predicted octanol–water partition coefficient (Wildman–Crippen LogP) is 14.4. The number of fused-ring (bicyclic) bond motifs is 5. The third-order valence-corrected chi connectivity index (χ3v) is 10.3. The molecule has 0 bridgehead atoms. The van der Waals surface area contributed by atoms with Crippen LogP contribution in [0.4, 0.5) is 17.1 Å². The number of rotatable bonds is 6. The molecule has 0 saturated carbocycles. The summed E-state index contributed by atoms with van der Waals surface area (Å²) in [7, 11) is 0. The number of anilines is 3. The summed E-state index contributed by atoms with van der Waals surface area (Å²) in [5.41, 5.74) is 12.1. The SMILES string of the molecule is c1ccc(-c2cccc3c2oc2ccc(-c4cccc(N(c5ccc(-c6cccc7ccccc67)cc5)c5cccc6ccccc56)c4)cc23)cc1. The van der Waals surface area contributed by atoms with E-state index in [1.807, 2.05) is 6.07 Å². The number of furan rings is 1. The van der Waals surface area contributed by atoms with Crippen LogP contribution in [0.1, 0.15) is 0 Å². The van der Waals surface area contributed by atoms with E-state index in [1.165, 1.54) is 32.7 Å². The Hall–Kier alpha value is -6.90. The molecule has 0 saturated heterocycles. The molecule has 10 rings (SSSR count). The first kappa shape index (κ1) is 30.0. The Morgan fingerprint density at radius 2 is 0.904 bits per heavy atom. The molecule has 0 aliphatic carbocycles. The fourth-order valence-electron chi connectivity index (χ4n) is 7.75. The Labute approximate surface area is 302 Å². The van der Waals surface area contributed by atoms with E-state index in [4.69, 9.17) is 4.42 Å². The van der Waals surface area contributed by atoms with Gasteiger partial charge in [-0.1, -0.05) is 158 Å². The Morgan fingerprint density at radius 1 is 0.327 bits per heavy atom. The number of hydrogen-bond donors (Lipinski definition) is 0. The van der Waals surface area contributed by atoms with Crippen molar-refractivity contribution >= 4 is 60.5 Å². The lowest BCUT2D eigenvalue weighted by atomic mass is 9.97. The van der Waals surface area contributed by atoms with E-state index in [2.05, 4.69) is 199 Å². The fraction of sp³-hybridized carbons (Fsp3) is 0. The van der Waals surface area contributed by atoms with Crippen molar-refractivity contribution in [2.24, 2.45) is 0 Å². The molecule has 9 aromatic carbocycles. The summed E-state index contributed by atoms with van der Waals surface area (Å²) in [4.78, 5) is 2.39. The third-order valence-electron chi connectivity index (χ3n) is 10.3. The van der Waals surface area contributed by atoms with Crippen LogP contribution >= 0.6 is 0 Å². The number of benzene rings is 9. The van der Waals surface area contributed by atoms with Gasteiger partial charge in [-0.05, 0) is 86.4 Å². The van der Waals surface area contributed by atoms with Crippen LogP contribution in [-0.4, -0.2) is 0 Å². The molecule has 1 aromatic heterocycles. The van der Waals surface area contributed by atoms with E-state index in [0.29, 0.717) is 0 Å². The smallest absolute Gasteiger partial charge is 0.143 e. The molecule has 0 aliphatic heterocycles. The summed E-state index contributed by atoms with van der Waals surface area (Å²) in [6.07, 6.45) is 0. The first-order chi connectivity index (χ1) is 25.8. The molecule has 0 unspecified atom stereocenters. The second-order valence-electron chi connectivity index (χ2n) is 13.3. The van der Waals surface area contributed by atoms with Crippen LogP contribution in [0.5, 0.6) is 0 Å². The molecule has 52 heavy (non-hydrogen) atoms. The average Bonchev–Trinajstić information content (AvgIpc) is 3.60. The van der Waals surface area contributed by atoms with Gasteiger partial charge < -0.3 is 9.32 Å². The van der Waals surface area contributed by atoms with Crippen LogP contribution in [0.2, 0.25) is 0 Å². The molecule has 0 spiro atoms. The number of para-hydroxylation sites is 1. The van der Waals surface area contributed by atoms with Gasteiger partial charge in [0.15, 0.2) is 0 Å². The minimum absolute atomic E-state index is 0.891. The fourth-order valence-corrected chi connectivity index (χ4v) is 7.75. The molecule has 0 fully saturated rings. The Balaban J connectivity index is 1.10. The highest BCUT2D eigenvalue weighted by Crippen LogP contribution is 2.42. The van der Waals surface area contributed by atoms with Gasteiger partial charge in [-0.2, -0.15) is 0 Å². The van der Waals surface area contributed by atoms with Gasteiger partial charge in [0.05, 0.1) is 5.69 Å². The van der Waals surface area contributed by atoms with E-state index in [9.17, 15) is 0 Å². The van der Waals surface area contributed by atoms with Crippen molar-refractivity contribution in [3.05, 3.63) is 200 Å². The molecule has 0 atom stereocenters. The van der Waals surface area contributed by atoms with Crippen LogP contribution in [-0.2, 0) is 0 Å². The molecule has 2 nitrogen and oxygen atoms in total. The van der Waals surface area contributed by atoms with Gasteiger partial charge in [-0.15, -0.1) is 0 Å². The van der Waals surface area contributed by atoms with Gasteiger partial charge in [0.1, 0.15) is 11.2 Å². The minimum atomic E-state index is 0.891. The van der Waals surface area contributed by atoms with Crippen LogP contribution in [0, 0.1) is 0 Å². The zero-order valence-electron chi connectivity index (χ0n) is 28.4. The maximum atomic E-state index is 6.50. The first-order valence-electron chi connectivity index (χ1n) is 17.8. The van der Waals surface area contributed by atoms with Crippen molar-refractivity contribution < 1.29 is 4.42 Å². The van der Waals surface area contributed by atoms with Crippen molar-refractivity contribution in [3.8, 4) is 33.4 Å². The average molecular weight is 664 g/mol. The lowest BCUT2D eigenvalue weighted by Crippen LogP contribution is -2.10. The zero-order chi connectivity index (χ0) is 34.4. The minimum Gasteiger partial charge on any atom is -0.455 e. The summed E-state index contributed by atoms with van der Waals surface area (Å²) in [6, 6.07) is 71.7. The Morgan fingerprint density at radius 3 is 1.75 bits per heavy atom. The quantitative estimate of drug-likeness (QED) is 0.176. The van der Waals surface area contributed by atoms with E-state index in [1.54, 1.807) is 0 Å². The molecule has 244 valence electrons. The summed E-state index contributed by atoms with van der Waals surface area (Å²) in [6.45, 7) is 0. The van der Waals surface area contributed by atoms with E-state index in [0.717, 1.165) is 61.3 Å². The molecule has 10 aromatic rings. The lowest BCUT2D eigenvalue weighted by molar-refractivity contribution is 0.670. The topological polar surface area (TPSA) is 16.4 Å². The van der Waals surface area contributed by atoms with Gasteiger partial charge >= 0.3 is 0 Å². The molecule has 0 aliphatic rings. The largest absolute Gasteiger partial charge is 0.455 e. The molecular weight excluding hydrogens is 631 g/mol. The first-order valence-corrected chi connectivity index (χ1v) is 17.8. The highest BCUT2D eigenvalue weighted by Gasteiger charge is 2.18. The predicted molar refractivity (Wildman–Crippen MR) is 220 cm³/mol. The van der Waals surface area contributed by atoms with Crippen molar-refractivity contribution in [3.63, 3.8) is 0 Å². The van der Waals surface area contributed by atoms with Crippen molar-refractivity contribution in [2.45, 2.75) is 0 Å². The summed E-state index contributed by atoms with van der Waals surface area (Å²) >= 11 is 0. The molecule has 0 radical (unpaired) electrons. The maximum Gasteiger partial charge on any atom is 0.143 e. The van der Waals surface area contributed by atoms with E-state index >= 15 is 0 Å². The van der Waals surface area contributed by atoms with Crippen LogP contribution < -0.4 is 4.90 Å². The summed E-state index contributed by atoms with van der Waals surface area (Å²) < 4.78 is 6.50. The Kier molecular flexibility index (Phi) is 7.18. The second-order valence-corrected chi connectivity index (χ2v) is 13.3. The highest BCUT2D eigenvalue weighted by molar-refractivity contribution is 6.10. The van der Waals surface area contributed by atoms with Gasteiger partial charge in [-0.25, -0.2) is 0 Å². The number of nitrogens with zero attached hydrogens (tertiary/aromatic N) is 1. The van der Waals surface area contributed by atoms with E-state index in [-0.39, 0.29) is 0 Å². The van der Waals surface area contributed by atoms with Crippen molar-refractivity contribution in [1.29, 1.82) is 0 Å². The van der Waals surface area contributed by atoms with Gasteiger partial charge in [0, 0.05) is 33.1 Å². The maximum absolute atomic E-state index is 6.50. The van der Waals surface area contributed by atoms with Crippen LogP contribution in [0.25, 0.3) is 76.9 Å². The van der Waals surface area contributed by atoms with Crippen molar-refractivity contribution in [2.75, 3.05) is 4.90 Å². The van der Waals surface area contributed by atoms with Crippen molar-refractivity contribution in [1.82, 2.24) is 0 Å². The Bertz CT molecular complexity index is 2890. The van der Waals surface area contributed by atoms with Gasteiger partial charge in [0.25, 0.3) is 0 Å². The molecular formula is C50H33NO. The second kappa shape index (κ2) is 12.5. The van der Waals surface area contributed by atoms with E-state index < -0.39 is 0 Å².